The monoisotopic (exact) mass is 2080 g/mol. The Morgan fingerprint density at radius 1 is 0.245 bits per heavy atom. The van der Waals surface area contributed by atoms with E-state index in [2.05, 4.69) is 95.2 Å². The molecule has 8 amide bonds. The quantitative estimate of drug-likeness (QED) is 0.0189. The molecule has 8 aliphatic carbocycles. The lowest BCUT2D eigenvalue weighted by molar-refractivity contribution is -0.140. The summed E-state index contributed by atoms with van der Waals surface area (Å²) in [5, 5.41) is 25.1. The fourth-order valence-corrected chi connectivity index (χ4v) is 18.0. The molecule has 0 bridgehead atoms. The van der Waals surface area contributed by atoms with Crippen molar-refractivity contribution in [1.29, 1.82) is 0 Å². The first kappa shape index (κ1) is 121. The van der Waals surface area contributed by atoms with Crippen molar-refractivity contribution in [3.8, 4) is 47.4 Å². The Balaban J connectivity index is 0.677. The summed E-state index contributed by atoms with van der Waals surface area (Å²) in [6.07, 6.45) is 14.3. The van der Waals surface area contributed by atoms with Crippen LogP contribution in [0.3, 0.4) is 0 Å². The summed E-state index contributed by atoms with van der Waals surface area (Å²) in [6.45, 7) is 13.3. The van der Waals surface area contributed by atoms with Gasteiger partial charge in [-0.2, -0.15) is 15.0 Å². The number of rotatable bonds is 86. The van der Waals surface area contributed by atoms with Crippen molar-refractivity contribution in [2.45, 2.75) is 135 Å². The van der Waals surface area contributed by atoms with Crippen LogP contribution in [0.4, 0.5) is 37.0 Å². The van der Waals surface area contributed by atoms with Crippen LogP contribution in [0, 0.1) is 118 Å². The highest BCUT2D eigenvalue weighted by Gasteiger charge is 2.52. The van der Waals surface area contributed by atoms with Gasteiger partial charge in [-0.05, 0) is 122 Å². The summed E-state index contributed by atoms with van der Waals surface area (Å²) >= 11 is 0. The van der Waals surface area contributed by atoms with E-state index in [1.807, 2.05) is 9.80 Å². The number of methoxy groups -OCH3 is 1. The van der Waals surface area contributed by atoms with Crippen LogP contribution in [-0.2, 0) is 123 Å². The SMILES string of the molecule is COC(=O)CCNc1nc(N(CCOCCOCCOCCOCCC(=O)NCCNC(=O)OC[C@@H]2[C@@H]3CCC#CCC[C@@H]32)CCOCCOCCOCCOCCC(=O)NCCNC(=O)OC[C@@H]2[C@@H]3CCC#CCC[C@@H]32)nc(N(CCOCCOCCOCCOCCC(=O)NCCNC(=O)OC[C@@H]2[C@@H]3CCC#CCC[C@@H]32)CCOCCOCCOCCOCCC(=O)NCCNC(=O)OC[C@@H]2[C@@H]3CCC#CCC[C@@H]32)n1. The summed E-state index contributed by atoms with van der Waals surface area (Å²) in [5.74, 6) is 31.3. The Labute approximate surface area is 866 Å². The van der Waals surface area contributed by atoms with Crippen LogP contribution in [0.25, 0.3) is 0 Å². The maximum Gasteiger partial charge on any atom is 0.407 e. The van der Waals surface area contributed by atoms with Crippen LogP contribution in [0.1, 0.15) is 135 Å². The van der Waals surface area contributed by atoms with Gasteiger partial charge in [0.1, 0.15) is 0 Å². The number of amides is 8. The zero-order valence-electron chi connectivity index (χ0n) is 86.4. The Hall–Kier alpha value is -9.56. The third kappa shape index (κ3) is 55.7. The molecule has 1 aromatic heterocycles. The topological polar surface area (TPSA) is 501 Å². The number of ether oxygens (including phenoxy) is 21. The van der Waals surface area contributed by atoms with Gasteiger partial charge in [-0.15, -0.1) is 47.4 Å². The second kappa shape index (κ2) is 77.7. The van der Waals surface area contributed by atoms with Crippen molar-refractivity contribution in [3.05, 3.63) is 0 Å². The molecule has 1 heterocycles. The lowest BCUT2D eigenvalue weighted by Gasteiger charge is -2.27. The van der Waals surface area contributed by atoms with Crippen molar-refractivity contribution < 1.29 is 143 Å². The van der Waals surface area contributed by atoms with E-state index in [0.717, 1.165) is 103 Å². The van der Waals surface area contributed by atoms with Crippen molar-refractivity contribution >= 4 is 71.8 Å². The molecule has 0 aromatic carbocycles. The largest absolute Gasteiger partial charge is 0.469 e. The number of nitrogens with zero attached hydrogens (tertiary/aromatic N) is 5. The molecule has 44 nitrogen and oxygen atoms in total. The highest BCUT2D eigenvalue weighted by molar-refractivity contribution is 5.77. The molecule has 8 aliphatic rings. The van der Waals surface area contributed by atoms with Crippen molar-refractivity contribution in [3.63, 3.8) is 0 Å². The number of esters is 1. The van der Waals surface area contributed by atoms with Gasteiger partial charge in [0, 0.05) is 162 Å². The number of carbonyl (C=O) groups is 9. The molecule has 0 spiro atoms. The average molecular weight is 2080 g/mol. The van der Waals surface area contributed by atoms with Crippen LogP contribution in [0.15, 0.2) is 0 Å². The number of alkyl carbamates (subject to hydrolysis) is 4. The summed E-state index contributed by atoms with van der Waals surface area (Å²) in [7, 11) is 1.31. The normalized spacial score (nSPS) is 20.4. The molecule has 0 aliphatic heterocycles. The fourth-order valence-electron chi connectivity index (χ4n) is 18.0. The van der Waals surface area contributed by atoms with Crippen molar-refractivity contribution in [2.24, 2.45) is 71.0 Å². The Kier molecular flexibility index (Phi) is 64.0. The number of hydrogen-bond acceptors (Lipinski definition) is 36. The van der Waals surface area contributed by atoms with E-state index in [4.69, 9.17) is 114 Å². The molecule has 0 radical (unpaired) electrons. The zero-order valence-corrected chi connectivity index (χ0v) is 86.4. The lowest BCUT2D eigenvalue weighted by atomic mass is 10.1. The number of fused-ring (bicyclic) bond motifs is 4. The molecule has 1 aromatic rings. The second-order valence-corrected chi connectivity index (χ2v) is 36.5. The van der Waals surface area contributed by atoms with Gasteiger partial charge in [0.25, 0.3) is 0 Å². The van der Waals surface area contributed by atoms with Crippen molar-refractivity contribution in [1.82, 2.24) is 57.5 Å². The van der Waals surface area contributed by atoms with Gasteiger partial charge in [0.05, 0.1) is 251 Å². The molecule has 44 heteroatoms. The van der Waals surface area contributed by atoms with E-state index >= 15 is 0 Å². The molecule has 4 saturated carbocycles. The van der Waals surface area contributed by atoms with Gasteiger partial charge < -0.3 is 157 Å². The minimum absolute atomic E-state index is 0.0108. The highest BCUT2D eigenvalue weighted by Crippen LogP contribution is 2.55. The van der Waals surface area contributed by atoms with Gasteiger partial charge in [-0.25, -0.2) is 19.2 Å². The Morgan fingerprint density at radius 2 is 0.435 bits per heavy atom. The van der Waals surface area contributed by atoms with Crippen LogP contribution < -0.4 is 57.7 Å². The standard InChI is InChI=1S/C103H164N14O30/c1-127-96(122)26-31-108-97-113-98(116(40-48-132-56-64-140-72-68-136-60-52-128-44-27-92(118)104-32-36-109-100(123)144-76-88-80-18-10-2-3-11-19-81(80)88)41-49-133-57-65-141-73-69-137-61-53-129-45-28-93(119)105-33-37-110-101(124)145-77-89-82-20-12-4-5-13-21-83(82)89)115-99(114-97)117(42-50-134-58-66-142-74-70-138-62-54-130-46-29-94(120)106-34-38-111-102(125)146-78-90-84-22-14-6-7-15-23-85(84)90)43-51-135-59-67-143-75-71-139-63-55-131-47-30-95(121)107-35-39-112-103(126)147-79-91-86-24-16-8-9-17-25-87(86)91/h80-91H,10-79H2,1H3,(H,104,118)(H,105,119)(H,106,120)(H,107,121)(H,109,123)(H,110,124)(H,111,125)(H,112,126)(H,108,113,114,115)/t80-,81+,82-,83+,84-,85+,86-,87+,88-,89-,90-,91-. The minimum atomic E-state index is -0.486. The number of aromatic nitrogens is 3. The molecule has 12 atom stereocenters. The van der Waals surface area contributed by atoms with Gasteiger partial charge >= 0.3 is 30.3 Å². The van der Waals surface area contributed by atoms with E-state index in [1.165, 1.54) is 7.11 Å². The summed E-state index contributed by atoms with van der Waals surface area (Å²) in [5.41, 5.74) is 0. The molecule has 9 rings (SSSR count). The predicted molar refractivity (Wildman–Crippen MR) is 537 cm³/mol. The maximum absolute atomic E-state index is 12.4. The van der Waals surface area contributed by atoms with Crippen LogP contribution >= 0.6 is 0 Å². The first-order valence-corrected chi connectivity index (χ1v) is 53.1. The van der Waals surface area contributed by atoms with Crippen LogP contribution in [0.2, 0.25) is 0 Å². The van der Waals surface area contributed by atoms with E-state index in [9.17, 15) is 43.2 Å². The Bertz CT molecular complexity index is 3630. The van der Waals surface area contributed by atoms with Crippen molar-refractivity contribution in [2.75, 3.05) is 345 Å². The maximum atomic E-state index is 12.4. The number of nitrogens with one attached hydrogen (secondary N) is 9. The molecule has 9 N–H and O–H groups in total. The molecule has 0 unspecified atom stereocenters. The molecule has 826 valence electrons. The zero-order chi connectivity index (χ0) is 103. The summed E-state index contributed by atoms with van der Waals surface area (Å²) < 4.78 is 120. The van der Waals surface area contributed by atoms with E-state index in [0.29, 0.717) is 177 Å². The first-order chi connectivity index (χ1) is 72.3. The fraction of sp³-hybridized carbons (Fsp3) is 0.806. The smallest absolute Gasteiger partial charge is 0.407 e. The molecular formula is C103H164N14O30. The van der Waals surface area contributed by atoms with Crippen LogP contribution in [-0.4, -0.2) is 399 Å². The third-order valence-electron chi connectivity index (χ3n) is 26.2. The van der Waals surface area contributed by atoms with Gasteiger partial charge in [0.2, 0.25) is 41.5 Å². The average Bonchev–Trinajstić information content (AvgIpc) is 1.64. The molecule has 4 fully saturated rings. The summed E-state index contributed by atoms with van der Waals surface area (Å²) in [4.78, 5) is 130. The number of carbonyl (C=O) groups excluding carboxylic acids is 9. The lowest BCUT2D eigenvalue weighted by Crippen LogP contribution is -2.36. The van der Waals surface area contributed by atoms with E-state index in [-0.39, 0.29) is 291 Å². The Morgan fingerprint density at radius 3 is 0.639 bits per heavy atom. The molecular weight excluding hydrogens is 1910 g/mol. The van der Waals surface area contributed by atoms with Gasteiger partial charge in [0.15, 0.2) is 0 Å². The highest BCUT2D eigenvalue weighted by atomic mass is 16.6. The first-order valence-electron chi connectivity index (χ1n) is 53.1. The predicted octanol–water partition coefficient (Wildman–Crippen LogP) is 4.41. The number of hydrogen-bond donors (Lipinski definition) is 9. The van der Waals surface area contributed by atoms with E-state index < -0.39 is 30.3 Å². The minimum Gasteiger partial charge on any atom is -0.469 e. The van der Waals surface area contributed by atoms with Gasteiger partial charge in [-0.3, -0.25) is 24.0 Å². The molecule has 147 heavy (non-hydrogen) atoms. The number of anilines is 3. The molecule has 0 saturated heterocycles. The van der Waals surface area contributed by atoms with Crippen LogP contribution in [0.5, 0.6) is 0 Å². The van der Waals surface area contributed by atoms with E-state index in [1.54, 1.807) is 0 Å². The van der Waals surface area contributed by atoms with Gasteiger partial charge in [-0.1, -0.05) is 0 Å². The second-order valence-electron chi connectivity index (χ2n) is 36.5. The third-order valence-corrected chi connectivity index (χ3v) is 26.2. The summed E-state index contributed by atoms with van der Waals surface area (Å²) in [6, 6.07) is 0.